The van der Waals surface area contributed by atoms with Gasteiger partial charge in [-0.25, -0.2) is 0 Å². The first kappa shape index (κ1) is 24.2. The molecule has 1 aromatic rings. The number of carbonyl (C=O) groups excluding carboxylic acids is 1. The molecule has 0 unspecified atom stereocenters. The van der Waals surface area contributed by atoms with Crippen LogP contribution in [0.1, 0.15) is 75.8 Å². The van der Waals surface area contributed by atoms with Crippen molar-refractivity contribution in [1.82, 2.24) is 4.90 Å². The number of morpholine rings is 1. The molecule has 4 heteroatoms. The average molecular weight is 486 g/mol. The summed E-state index contributed by atoms with van der Waals surface area (Å²) in [6.07, 6.45) is 8.24. The van der Waals surface area contributed by atoms with Crippen LogP contribution in [0, 0.1) is 29.1 Å². The van der Waals surface area contributed by atoms with Crippen LogP contribution < -0.4 is 0 Å². The number of hydrogen-bond acceptors (Lipinski definition) is 4. The molecule has 1 aromatic carbocycles. The van der Waals surface area contributed by atoms with Crippen LogP contribution in [0.25, 0.3) is 0 Å². The Morgan fingerprint density at radius 1 is 1.11 bits per heavy atom. The Labute approximate surface area is 215 Å². The highest BCUT2D eigenvalue weighted by Crippen LogP contribution is 2.66. The Kier molecular flexibility index (Phi) is 6.23. The van der Waals surface area contributed by atoms with Gasteiger partial charge in [-0.2, -0.15) is 0 Å². The Morgan fingerprint density at radius 2 is 1.89 bits per heavy atom. The lowest BCUT2D eigenvalue weighted by Crippen LogP contribution is -2.51. The summed E-state index contributed by atoms with van der Waals surface area (Å²) < 4.78 is 5.51. The SMILES string of the molecule is CC#C[C@]1(O)CC[C@H]2[C@@H]3CCC4=CC(=O)CCC4=C3[C@@H](c3ccc(CN4CCOCC4)cc3)C[C@@]21C. The molecule has 36 heavy (non-hydrogen) atoms. The summed E-state index contributed by atoms with van der Waals surface area (Å²) in [5.41, 5.74) is 5.88. The second kappa shape index (κ2) is 9.28. The van der Waals surface area contributed by atoms with Crippen LogP contribution in [-0.2, 0) is 16.1 Å². The van der Waals surface area contributed by atoms with Gasteiger partial charge in [-0.15, -0.1) is 5.92 Å². The first-order valence-electron chi connectivity index (χ1n) is 13.9. The van der Waals surface area contributed by atoms with Gasteiger partial charge in [-0.05, 0) is 85.6 Å². The Bertz CT molecular complexity index is 1160. The maximum absolute atomic E-state index is 12.3. The highest BCUT2D eigenvalue weighted by molar-refractivity contribution is 5.93. The predicted molar refractivity (Wildman–Crippen MR) is 141 cm³/mol. The molecule has 4 nitrogen and oxygen atoms in total. The topological polar surface area (TPSA) is 49.8 Å². The molecule has 0 spiro atoms. The van der Waals surface area contributed by atoms with E-state index in [1.165, 1.54) is 22.3 Å². The third-order valence-corrected chi connectivity index (χ3v) is 10.1. The average Bonchev–Trinajstić information content (AvgIpc) is 3.14. The molecule has 1 aliphatic heterocycles. The number of ketones is 1. The van der Waals surface area contributed by atoms with Crippen LogP contribution in [0.3, 0.4) is 0 Å². The summed E-state index contributed by atoms with van der Waals surface area (Å²) in [6.45, 7) is 8.75. The Hall–Kier alpha value is -2.19. The highest BCUT2D eigenvalue weighted by Gasteiger charge is 2.62. The fourth-order valence-electron chi connectivity index (χ4n) is 8.25. The molecule has 4 aliphatic carbocycles. The summed E-state index contributed by atoms with van der Waals surface area (Å²) in [5, 5.41) is 11.8. The van der Waals surface area contributed by atoms with Gasteiger partial charge in [0.05, 0.1) is 13.2 Å². The standard InChI is InChI=1S/C32H39NO3/c1-3-13-32(35)14-12-29-27-10-8-24-19-25(34)9-11-26(24)30(27)28(20-31(29,32)2)23-6-4-22(5-7-23)21-33-15-17-36-18-16-33/h4-7,19,27-29,35H,8-12,14-18,20-21H2,1-2H3/t27-,28+,29-,31-,32-/m0/s1. The zero-order valence-electron chi connectivity index (χ0n) is 21.8. The second-order valence-electron chi connectivity index (χ2n) is 11.9. The van der Waals surface area contributed by atoms with E-state index in [0.29, 0.717) is 18.3 Å². The van der Waals surface area contributed by atoms with Crippen LogP contribution in [0.4, 0.5) is 0 Å². The number of hydrogen-bond donors (Lipinski definition) is 1. The minimum absolute atomic E-state index is 0.229. The minimum atomic E-state index is -0.921. The lowest BCUT2D eigenvalue weighted by Gasteiger charge is -2.53. The van der Waals surface area contributed by atoms with Crippen LogP contribution in [0.2, 0.25) is 0 Å². The predicted octanol–water partition coefficient (Wildman–Crippen LogP) is 5.17. The zero-order chi connectivity index (χ0) is 24.9. The summed E-state index contributed by atoms with van der Waals surface area (Å²) in [4.78, 5) is 14.7. The first-order valence-corrected chi connectivity index (χ1v) is 13.9. The number of allylic oxidation sites excluding steroid dienone is 4. The van der Waals surface area contributed by atoms with Crippen LogP contribution >= 0.6 is 0 Å². The number of nitrogens with zero attached hydrogens (tertiary/aromatic N) is 1. The van der Waals surface area contributed by atoms with E-state index in [1.54, 1.807) is 5.57 Å². The van der Waals surface area contributed by atoms with Gasteiger partial charge < -0.3 is 9.84 Å². The number of benzene rings is 1. The number of carbonyl (C=O) groups is 1. The van der Waals surface area contributed by atoms with E-state index >= 15 is 0 Å². The molecule has 6 rings (SSSR count). The van der Waals surface area contributed by atoms with Crippen molar-refractivity contribution in [2.75, 3.05) is 26.3 Å². The molecule has 190 valence electrons. The van der Waals surface area contributed by atoms with Crippen molar-refractivity contribution < 1.29 is 14.6 Å². The fraction of sp³-hybridized carbons (Fsp3) is 0.594. The third-order valence-electron chi connectivity index (χ3n) is 10.1. The maximum atomic E-state index is 12.3. The third kappa shape index (κ3) is 3.92. The minimum Gasteiger partial charge on any atom is -0.379 e. The molecular weight excluding hydrogens is 446 g/mol. The lowest BCUT2D eigenvalue weighted by molar-refractivity contribution is -0.114. The van der Waals surface area contributed by atoms with E-state index in [4.69, 9.17) is 4.74 Å². The van der Waals surface area contributed by atoms with Gasteiger partial charge in [-0.1, -0.05) is 42.7 Å². The van der Waals surface area contributed by atoms with Gasteiger partial charge in [0.2, 0.25) is 0 Å². The molecule has 0 aromatic heterocycles. The monoisotopic (exact) mass is 485 g/mol. The molecule has 1 N–H and O–H groups in total. The zero-order valence-corrected chi connectivity index (χ0v) is 21.8. The summed E-state index contributed by atoms with van der Waals surface area (Å²) in [5.74, 6) is 7.79. The van der Waals surface area contributed by atoms with Gasteiger partial charge in [0.1, 0.15) is 5.60 Å². The first-order chi connectivity index (χ1) is 17.4. The molecule has 0 amide bonds. The highest BCUT2D eigenvalue weighted by atomic mass is 16.5. The van der Waals surface area contributed by atoms with Crippen LogP contribution in [-0.4, -0.2) is 47.7 Å². The van der Waals surface area contributed by atoms with Crippen molar-refractivity contribution in [1.29, 1.82) is 0 Å². The molecule has 5 aliphatic rings. The fourth-order valence-corrected chi connectivity index (χ4v) is 8.25. The van der Waals surface area contributed by atoms with E-state index in [0.717, 1.165) is 71.4 Å². The lowest BCUT2D eigenvalue weighted by atomic mass is 9.51. The van der Waals surface area contributed by atoms with Crippen molar-refractivity contribution in [3.8, 4) is 11.8 Å². The van der Waals surface area contributed by atoms with Crippen LogP contribution in [0.15, 0.2) is 47.1 Å². The molecular formula is C32H39NO3. The number of aliphatic hydroxyl groups is 1. The Morgan fingerprint density at radius 3 is 2.64 bits per heavy atom. The molecule has 1 saturated heterocycles. The molecule has 0 radical (unpaired) electrons. The quantitative estimate of drug-likeness (QED) is 0.600. The van der Waals surface area contributed by atoms with E-state index in [-0.39, 0.29) is 17.1 Å². The summed E-state index contributed by atoms with van der Waals surface area (Å²) in [7, 11) is 0. The van der Waals surface area contributed by atoms with Crippen molar-refractivity contribution in [2.45, 2.75) is 76.9 Å². The van der Waals surface area contributed by atoms with Crippen LogP contribution in [0.5, 0.6) is 0 Å². The van der Waals surface area contributed by atoms with Crippen molar-refractivity contribution in [3.05, 3.63) is 58.2 Å². The summed E-state index contributed by atoms with van der Waals surface area (Å²) >= 11 is 0. The summed E-state index contributed by atoms with van der Waals surface area (Å²) in [6, 6.07) is 9.27. The molecule has 5 atom stereocenters. The molecule has 3 fully saturated rings. The Balaban J connectivity index is 1.40. The largest absolute Gasteiger partial charge is 0.379 e. The van der Waals surface area contributed by atoms with Crippen molar-refractivity contribution in [3.63, 3.8) is 0 Å². The van der Waals surface area contributed by atoms with Gasteiger partial charge in [0, 0.05) is 37.4 Å². The van der Waals surface area contributed by atoms with Crippen molar-refractivity contribution >= 4 is 5.78 Å². The van der Waals surface area contributed by atoms with E-state index < -0.39 is 5.60 Å². The van der Waals surface area contributed by atoms with E-state index in [2.05, 4.69) is 47.9 Å². The normalized spacial score (nSPS) is 36.4. The molecule has 2 saturated carbocycles. The molecule has 0 bridgehead atoms. The van der Waals surface area contributed by atoms with E-state index in [1.807, 2.05) is 13.0 Å². The number of rotatable bonds is 3. The van der Waals surface area contributed by atoms with E-state index in [9.17, 15) is 9.90 Å². The van der Waals surface area contributed by atoms with Crippen molar-refractivity contribution in [2.24, 2.45) is 17.3 Å². The van der Waals surface area contributed by atoms with Gasteiger partial charge >= 0.3 is 0 Å². The van der Waals surface area contributed by atoms with Gasteiger partial charge in [0.25, 0.3) is 0 Å². The molecule has 1 heterocycles. The van der Waals surface area contributed by atoms with Gasteiger partial charge in [0.15, 0.2) is 5.78 Å². The van der Waals surface area contributed by atoms with Gasteiger partial charge in [-0.3, -0.25) is 9.69 Å². The second-order valence-corrected chi connectivity index (χ2v) is 11.9. The number of ether oxygens (including phenoxy) is 1. The smallest absolute Gasteiger partial charge is 0.156 e. The number of fused-ring (bicyclic) bond motifs is 4. The maximum Gasteiger partial charge on any atom is 0.156 e.